The van der Waals surface area contributed by atoms with E-state index in [-0.39, 0.29) is 17.2 Å². The summed E-state index contributed by atoms with van der Waals surface area (Å²) in [5.41, 5.74) is 3.63. The van der Waals surface area contributed by atoms with Crippen LogP contribution >= 0.6 is 23.4 Å². The number of carbonyl (C=O) groups is 2. The highest BCUT2D eigenvalue weighted by Crippen LogP contribution is 2.29. The summed E-state index contributed by atoms with van der Waals surface area (Å²) in [5.74, 6) is -0.728. The van der Waals surface area contributed by atoms with E-state index in [0.717, 1.165) is 27.7 Å². The first-order valence-corrected chi connectivity index (χ1v) is 13.5. The number of aromatic carboxylic acids is 1. The molecule has 0 radical (unpaired) electrons. The average Bonchev–Trinajstić information content (AvgIpc) is 3.49. The zero-order chi connectivity index (χ0) is 27.2. The number of fused-ring (bicyclic) bond motifs is 1. The van der Waals surface area contributed by atoms with Crippen LogP contribution in [-0.2, 0) is 0 Å². The predicted octanol–water partition coefficient (Wildman–Crippen LogP) is 7.61. The molecule has 39 heavy (non-hydrogen) atoms. The maximum absolute atomic E-state index is 12.9. The summed E-state index contributed by atoms with van der Waals surface area (Å²) >= 11 is 7.49. The molecule has 2 heterocycles. The molecule has 8 heteroatoms. The van der Waals surface area contributed by atoms with Crippen LogP contribution in [0.1, 0.15) is 43.8 Å². The summed E-state index contributed by atoms with van der Waals surface area (Å²) in [4.78, 5) is 29.8. The summed E-state index contributed by atoms with van der Waals surface area (Å²) in [5, 5.41) is 14.2. The van der Waals surface area contributed by atoms with Gasteiger partial charge in [0, 0.05) is 21.1 Å². The Bertz CT molecular complexity index is 1670. The number of hydrogen-bond acceptors (Lipinski definition) is 5. The van der Waals surface area contributed by atoms with Gasteiger partial charge in [0.15, 0.2) is 5.76 Å². The zero-order valence-corrected chi connectivity index (χ0v) is 22.2. The first-order chi connectivity index (χ1) is 19.0. The van der Waals surface area contributed by atoms with Crippen molar-refractivity contribution in [2.45, 2.75) is 10.9 Å². The monoisotopic (exact) mass is 554 g/mol. The number of rotatable bonds is 9. The Hall–Kier alpha value is -4.33. The summed E-state index contributed by atoms with van der Waals surface area (Å²) in [6, 6.07) is 27.0. The highest BCUT2D eigenvalue weighted by Gasteiger charge is 2.19. The Morgan fingerprint density at radius 3 is 2.64 bits per heavy atom. The molecule has 1 unspecified atom stereocenters. The van der Waals surface area contributed by atoms with Gasteiger partial charge in [-0.3, -0.25) is 4.79 Å². The maximum atomic E-state index is 12.9. The lowest BCUT2D eigenvalue weighted by atomic mass is 10.0. The Morgan fingerprint density at radius 2 is 1.82 bits per heavy atom. The van der Waals surface area contributed by atoms with E-state index in [9.17, 15) is 14.7 Å². The normalized spacial score (nSPS) is 12.0. The number of pyridine rings is 1. The second kappa shape index (κ2) is 12.0. The van der Waals surface area contributed by atoms with Crippen LogP contribution in [0, 0.1) is 0 Å². The number of carboxylic acids is 1. The van der Waals surface area contributed by atoms with E-state index in [1.807, 2.05) is 66.7 Å². The van der Waals surface area contributed by atoms with Crippen LogP contribution < -0.4 is 5.32 Å². The number of nitrogens with zero attached hydrogens (tertiary/aromatic N) is 1. The fraction of sp³-hybridized carbons (Fsp3) is 0.0645. The van der Waals surface area contributed by atoms with Crippen molar-refractivity contribution in [3.8, 4) is 0 Å². The molecule has 6 nitrogen and oxygen atoms in total. The van der Waals surface area contributed by atoms with Crippen molar-refractivity contribution in [2.75, 3.05) is 5.75 Å². The Balaban J connectivity index is 1.40. The van der Waals surface area contributed by atoms with E-state index in [4.69, 9.17) is 16.0 Å². The van der Waals surface area contributed by atoms with Crippen LogP contribution in [0.15, 0.2) is 107 Å². The van der Waals surface area contributed by atoms with Crippen molar-refractivity contribution < 1.29 is 19.1 Å². The molecule has 0 spiro atoms. The molecule has 0 aliphatic rings. The Kier molecular flexibility index (Phi) is 8.10. The zero-order valence-electron chi connectivity index (χ0n) is 20.6. The van der Waals surface area contributed by atoms with Crippen LogP contribution in [0.5, 0.6) is 0 Å². The molecule has 1 amide bonds. The van der Waals surface area contributed by atoms with Crippen LogP contribution in [0.25, 0.3) is 23.1 Å². The maximum Gasteiger partial charge on any atom is 0.336 e. The van der Waals surface area contributed by atoms with Crippen LogP contribution in [0.3, 0.4) is 0 Å². The van der Waals surface area contributed by atoms with Gasteiger partial charge in [0.2, 0.25) is 0 Å². The van der Waals surface area contributed by atoms with Gasteiger partial charge in [0.25, 0.3) is 5.91 Å². The molecular weight excluding hydrogens is 532 g/mol. The van der Waals surface area contributed by atoms with Crippen molar-refractivity contribution in [2.24, 2.45) is 0 Å². The number of halogens is 1. The number of nitrogens with one attached hydrogen (secondary N) is 1. The Morgan fingerprint density at radius 1 is 0.974 bits per heavy atom. The lowest BCUT2D eigenvalue weighted by Crippen LogP contribution is -2.30. The number of hydrogen-bond donors (Lipinski definition) is 2. The van der Waals surface area contributed by atoms with Crippen molar-refractivity contribution in [1.29, 1.82) is 0 Å². The quantitative estimate of drug-likeness (QED) is 0.182. The fourth-order valence-electron chi connectivity index (χ4n) is 4.06. The molecule has 3 aromatic carbocycles. The second-order valence-corrected chi connectivity index (χ2v) is 10.2. The van der Waals surface area contributed by atoms with Gasteiger partial charge < -0.3 is 14.8 Å². The van der Waals surface area contributed by atoms with E-state index in [0.29, 0.717) is 15.7 Å². The van der Waals surface area contributed by atoms with Gasteiger partial charge >= 0.3 is 5.97 Å². The SMILES string of the molecule is O=C(NC(CSc1ccccc1C(=O)O)c1cccc(/C=C/c2ccc3ccc(Cl)cc3n2)c1)c1ccco1. The third kappa shape index (κ3) is 6.57. The van der Waals surface area contributed by atoms with E-state index >= 15 is 0 Å². The molecule has 0 saturated heterocycles. The van der Waals surface area contributed by atoms with Crippen molar-refractivity contribution in [1.82, 2.24) is 10.3 Å². The van der Waals surface area contributed by atoms with Crippen molar-refractivity contribution in [3.05, 3.63) is 130 Å². The van der Waals surface area contributed by atoms with E-state index in [2.05, 4.69) is 10.3 Å². The molecule has 5 aromatic rings. The van der Waals surface area contributed by atoms with Crippen LogP contribution in [-0.4, -0.2) is 27.7 Å². The van der Waals surface area contributed by atoms with Gasteiger partial charge in [0.1, 0.15) is 0 Å². The lowest BCUT2D eigenvalue weighted by Gasteiger charge is -2.19. The highest BCUT2D eigenvalue weighted by molar-refractivity contribution is 7.99. The Labute approximate surface area is 234 Å². The van der Waals surface area contributed by atoms with Crippen LogP contribution in [0.2, 0.25) is 5.02 Å². The first-order valence-electron chi connectivity index (χ1n) is 12.1. The number of amides is 1. The minimum atomic E-state index is -0.994. The van der Waals surface area contributed by atoms with E-state index in [1.165, 1.54) is 18.0 Å². The summed E-state index contributed by atoms with van der Waals surface area (Å²) in [6.07, 6.45) is 5.33. The number of carbonyl (C=O) groups excluding carboxylic acids is 1. The molecule has 5 rings (SSSR count). The van der Waals surface area contributed by atoms with Gasteiger partial charge in [-0.05, 0) is 65.7 Å². The van der Waals surface area contributed by atoms with Gasteiger partial charge in [-0.1, -0.05) is 60.1 Å². The minimum absolute atomic E-state index is 0.203. The molecule has 2 N–H and O–H groups in total. The smallest absolute Gasteiger partial charge is 0.336 e. The largest absolute Gasteiger partial charge is 0.478 e. The molecule has 0 aliphatic heterocycles. The standard InChI is InChI=1S/C31H23ClN2O4S/c32-23-13-11-21-12-15-24(33-26(21)18-23)14-10-20-5-3-6-22(17-20)27(34-30(35)28-8-4-16-38-28)19-39-29-9-2-1-7-25(29)31(36)37/h1-18,27H,19H2,(H,34,35)(H,36,37)/b14-10+. The molecule has 1 atom stereocenters. The van der Waals surface area contributed by atoms with Gasteiger partial charge in [0.05, 0.1) is 29.1 Å². The average molecular weight is 555 g/mol. The van der Waals surface area contributed by atoms with Gasteiger partial charge in [-0.2, -0.15) is 0 Å². The lowest BCUT2D eigenvalue weighted by molar-refractivity contribution is 0.0692. The molecule has 2 aromatic heterocycles. The van der Waals surface area contributed by atoms with Crippen molar-refractivity contribution in [3.63, 3.8) is 0 Å². The molecule has 0 fully saturated rings. The first kappa shape index (κ1) is 26.3. The predicted molar refractivity (Wildman–Crippen MR) is 155 cm³/mol. The van der Waals surface area contributed by atoms with Crippen molar-refractivity contribution >= 4 is 58.3 Å². The fourth-order valence-corrected chi connectivity index (χ4v) is 5.33. The third-order valence-corrected chi connectivity index (χ3v) is 7.41. The number of thioether (sulfide) groups is 1. The number of aromatic nitrogens is 1. The second-order valence-electron chi connectivity index (χ2n) is 8.69. The molecule has 0 saturated carbocycles. The topological polar surface area (TPSA) is 92.4 Å². The number of furan rings is 1. The van der Waals surface area contributed by atoms with Gasteiger partial charge in [-0.15, -0.1) is 11.8 Å². The third-order valence-electron chi connectivity index (χ3n) is 6.01. The van der Waals surface area contributed by atoms with Gasteiger partial charge in [-0.25, -0.2) is 9.78 Å². The number of benzene rings is 3. The highest BCUT2D eigenvalue weighted by atomic mass is 35.5. The molecule has 0 aliphatic carbocycles. The summed E-state index contributed by atoms with van der Waals surface area (Å²) in [6.45, 7) is 0. The summed E-state index contributed by atoms with van der Waals surface area (Å²) in [7, 11) is 0. The van der Waals surface area contributed by atoms with E-state index < -0.39 is 12.0 Å². The number of carboxylic acid groups (broad SMARTS) is 1. The molecule has 194 valence electrons. The summed E-state index contributed by atoms with van der Waals surface area (Å²) < 4.78 is 5.27. The molecular formula is C31H23ClN2O4S. The van der Waals surface area contributed by atoms with Crippen LogP contribution in [0.4, 0.5) is 0 Å². The minimum Gasteiger partial charge on any atom is -0.478 e. The molecule has 0 bridgehead atoms. The van der Waals surface area contributed by atoms with E-state index in [1.54, 1.807) is 36.4 Å².